The van der Waals surface area contributed by atoms with Crippen LogP contribution in [0.2, 0.25) is 2.82 Å². The Morgan fingerprint density at radius 2 is 2.25 bits per heavy atom. The minimum absolute atomic E-state index is 0.0869. The number of aliphatic hydroxyl groups is 3. The Bertz CT molecular complexity index is 965. The highest BCUT2D eigenvalue weighted by Gasteiger charge is 2.43. The number of fused-ring (bicyclic) bond motifs is 1. The van der Waals surface area contributed by atoms with Crippen molar-refractivity contribution < 1.29 is 27.0 Å². The van der Waals surface area contributed by atoms with Crippen LogP contribution in [0.25, 0.3) is 11.2 Å². The molecule has 2 aromatic rings. The molecule has 0 saturated carbocycles. The van der Waals surface area contributed by atoms with Crippen LogP contribution in [0.15, 0.2) is 15.9 Å². The van der Waals surface area contributed by atoms with Crippen LogP contribution in [0.1, 0.15) is 10.3 Å². The average molecular weight is 289 g/mol. The summed E-state index contributed by atoms with van der Waals surface area (Å²) in [4.78, 5) is 27.2. The second kappa shape index (κ2) is 4.52. The lowest BCUT2D eigenvalue weighted by Crippen LogP contribution is -2.33. The van der Waals surface area contributed by atoms with Gasteiger partial charge in [0.1, 0.15) is 23.9 Å². The minimum Gasteiger partial charge on any atom is -0.394 e. The number of hydrogen-bond donors (Lipinski definition) is 5. The van der Waals surface area contributed by atoms with Crippen molar-refractivity contribution in [2.24, 2.45) is 0 Å². The third-order valence-corrected chi connectivity index (χ3v) is 2.80. The molecule has 3 rings (SSSR count). The monoisotopic (exact) mass is 289 g/mol. The van der Waals surface area contributed by atoms with Crippen molar-refractivity contribution in [1.29, 1.82) is 0 Å². The fourth-order valence-corrected chi connectivity index (χ4v) is 1.89. The summed E-state index contributed by atoms with van der Waals surface area (Å²) < 4.78 is 43.3. The van der Waals surface area contributed by atoms with E-state index in [1.54, 1.807) is 0 Å². The van der Waals surface area contributed by atoms with Gasteiger partial charge in [-0.05, 0) is 0 Å². The molecule has 10 nitrogen and oxygen atoms in total. The van der Waals surface area contributed by atoms with Crippen molar-refractivity contribution >= 4 is 11.2 Å². The Balaban J connectivity index is 2.28. The molecule has 1 aliphatic rings. The Kier molecular flexibility index (Phi) is 1.88. The van der Waals surface area contributed by atoms with E-state index in [2.05, 4.69) is 4.98 Å². The largest absolute Gasteiger partial charge is 0.394 e. The lowest BCUT2D eigenvalue weighted by Gasteiger charge is -2.16. The number of nitrogens with zero attached hydrogens (tertiary/aromatic N) is 2. The van der Waals surface area contributed by atoms with E-state index in [4.69, 9.17) is 11.7 Å². The Morgan fingerprint density at radius 1 is 1.50 bits per heavy atom. The average Bonchev–Trinajstić information content (AvgIpc) is 3.01. The summed E-state index contributed by atoms with van der Waals surface area (Å²) >= 11 is 0. The number of aliphatic hydroxyl groups excluding tert-OH is 1. The number of nitrogens with one attached hydrogen (secondary N) is 2. The molecule has 1 saturated heterocycles. The van der Waals surface area contributed by atoms with Crippen LogP contribution in [0.5, 0.6) is 0 Å². The number of hydrogen-bond acceptors (Lipinski definition) is 7. The molecule has 5 N–H and O–H groups in total. The maximum Gasteiger partial charge on any atom is 0.327 e. The van der Waals surface area contributed by atoms with Gasteiger partial charge in [0.25, 0.3) is 5.56 Å². The standard InChI is InChI=1S/C10H12N4O6/c15-1-3-5(16)6(17)9(20-3)14-2-11-4-7(14)12-10(19)13-8(4)18/h2-3,5-6,9,15-17H,1H2,(H2,12,13,18,19)/t3-,5-,6-,9-/m1/s1/i1D,5D,6D/hD2/t1?,3-,5-,6-,9-. The van der Waals surface area contributed by atoms with Gasteiger partial charge >= 0.3 is 5.69 Å². The molecule has 5 atom stereocenters. The lowest BCUT2D eigenvalue weighted by molar-refractivity contribution is -0.0511. The molecule has 1 unspecified atom stereocenters. The van der Waals surface area contributed by atoms with Gasteiger partial charge in [0.2, 0.25) is 0 Å². The van der Waals surface area contributed by atoms with E-state index in [0.717, 1.165) is 6.33 Å². The first-order valence-corrected chi connectivity index (χ1v) is 5.36. The Hall–Kier alpha value is -2.01. The molecule has 2 aromatic heterocycles. The number of aromatic nitrogens is 4. The molecule has 3 heterocycles. The van der Waals surface area contributed by atoms with Gasteiger partial charge < -0.3 is 20.1 Å². The predicted octanol–water partition coefficient (Wildman–Crippen LogP) is -2.98. The van der Waals surface area contributed by atoms with Crippen molar-refractivity contribution in [3.63, 3.8) is 0 Å². The number of rotatable bonds is 2. The van der Waals surface area contributed by atoms with Crippen LogP contribution in [-0.2, 0) is 4.74 Å². The van der Waals surface area contributed by atoms with Gasteiger partial charge in [0.15, 0.2) is 14.6 Å². The van der Waals surface area contributed by atoms with E-state index in [9.17, 15) is 24.9 Å². The molecular formula is C10H12N4O6. The first kappa shape index (κ1) is 8.32. The molecule has 108 valence electrons. The van der Waals surface area contributed by atoms with Crippen LogP contribution < -0.4 is 11.2 Å². The summed E-state index contributed by atoms with van der Waals surface area (Å²) in [5.41, 5.74) is -3.64. The first-order valence-electron chi connectivity index (χ1n) is 7.83. The minimum atomic E-state index is -3.15. The lowest BCUT2D eigenvalue weighted by atomic mass is 10.1. The molecule has 0 bridgehead atoms. The predicted molar refractivity (Wildman–Crippen MR) is 64.0 cm³/mol. The molecule has 0 amide bonds. The van der Waals surface area contributed by atoms with E-state index >= 15 is 0 Å². The van der Waals surface area contributed by atoms with Gasteiger partial charge in [-0.3, -0.25) is 19.3 Å². The fraction of sp³-hybridized carbons (Fsp3) is 0.500. The van der Waals surface area contributed by atoms with Crippen LogP contribution in [0, 0.1) is 0 Å². The molecule has 0 radical (unpaired) electrons. The normalized spacial score (nSPS) is 42.6. The maximum atomic E-state index is 11.9. The van der Waals surface area contributed by atoms with Gasteiger partial charge in [0.05, 0.1) is 17.0 Å². The van der Waals surface area contributed by atoms with Gasteiger partial charge in [-0.1, -0.05) is 0 Å². The van der Waals surface area contributed by atoms with Gasteiger partial charge in [-0.25, -0.2) is 9.78 Å². The summed E-state index contributed by atoms with van der Waals surface area (Å²) in [5.74, 6) is 0. The van der Waals surface area contributed by atoms with Crippen LogP contribution in [0.4, 0.5) is 0 Å². The van der Waals surface area contributed by atoms with Crippen molar-refractivity contribution in [3.05, 3.63) is 27.2 Å². The van der Waals surface area contributed by atoms with E-state index in [1.807, 2.05) is 0 Å². The number of aromatic amines is 2. The van der Waals surface area contributed by atoms with Crippen LogP contribution in [-0.4, -0.2) is 59.7 Å². The molecule has 0 aromatic carbocycles. The second-order valence-electron chi connectivity index (χ2n) is 3.96. The van der Waals surface area contributed by atoms with E-state index in [0.29, 0.717) is 4.57 Å². The summed E-state index contributed by atoms with van der Waals surface area (Å²) in [6.45, 7) is -2.19. The molecule has 20 heavy (non-hydrogen) atoms. The zero-order valence-corrected chi connectivity index (χ0v) is 9.66. The molecular weight excluding hydrogens is 272 g/mol. The highest BCUT2D eigenvalue weighted by atomic mass is 16.6. The third kappa shape index (κ3) is 1.78. The second-order valence-corrected chi connectivity index (χ2v) is 3.96. The van der Waals surface area contributed by atoms with E-state index in [-0.39, 0.29) is 9.95 Å². The summed E-state index contributed by atoms with van der Waals surface area (Å²) in [6.07, 6.45) is -9.51. The molecule has 0 spiro atoms. The van der Waals surface area contributed by atoms with Crippen molar-refractivity contribution in [3.8, 4) is 0 Å². The molecule has 1 fully saturated rings. The quantitative estimate of drug-likeness (QED) is 0.395. The SMILES string of the molecule is [2H]C(O)[C@H]1O[C@@H](n2cnc3c(=O)n([2H])c(=O)n([2H])c32)[C@]([2H])(O)[C@]1([2H])O. The Morgan fingerprint density at radius 3 is 2.90 bits per heavy atom. The van der Waals surface area contributed by atoms with Crippen LogP contribution >= 0.6 is 0 Å². The first-order chi connectivity index (χ1) is 11.4. The highest BCUT2D eigenvalue weighted by molar-refractivity contribution is 5.68. The molecule has 1 aliphatic heterocycles. The number of ether oxygens (including phenoxy) is 1. The maximum absolute atomic E-state index is 11.9. The van der Waals surface area contributed by atoms with Gasteiger partial charge in [-0.2, -0.15) is 0 Å². The van der Waals surface area contributed by atoms with Crippen molar-refractivity contribution in [2.45, 2.75) is 24.5 Å². The summed E-state index contributed by atoms with van der Waals surface area (Å²) in [7, 11) is 0. The van der Waals surface area contributed by atoms with E-state index < -0.39 is 53.5 Å². The summed E-state index contributed by atoms with van der Waals surface area (Å²) in [6, 6.07) is 0. The smallest absolute Gasteiger partial charge is 0.327 e. The van der Waals surface area contributed by atoms with Gasteiger partial charge in [0, 0.05) is 0 Å². The number of imidazole rings is 1. The zero-order valence-electron chi connectivity index (χ0n) is 14.7. The summed E-state index contributed by atoms with van der Waals surface area (Å²) in [5, 5.41) is 29.5. The van der Waals surface area contributed by atoms with Crippen molar-refractivity contribution in [1.82, 2.24) is 19.5 Å². The molecule has 0 aliphatic carbocycles. The van der Waals surface area contributed by atoms with Crippen molar-refractivity contribution in [2.75, 3.05) is 6.58 Å². The molecule has 10 heteroatoms. The highest BCUT2D eigenvalue weighted by Crippen LogP contribution is 2.30. The van der Waals surface area contributed by atoms with Gasteiger partial charge in [-0.15, -0.1) is 0 Å². The van der Waals surface area contributed by atoms with E-state index in [1.165, 1.54) is 0 Å². The Labute approximate surface area is 117 Å². The zero-order chi connectivity index (χ0) is 18.9. The third-order valence-electron chi connectivity index (χ3n) is 2.80. The van der Waals surface area contributed by atoms with Crippen LogP contribution in [0.3, 0.4) is 0 Å². The fourth-order valence-electron chi connectivity index (χ4n) is 1.89. The topological polar surface area (TPSA) is 153 Å². The number of H-pyrrole nitrogens is 2.